The minimum Gasteiger partial charge on any atom is -0.311 e. The Morgan fingerprint density at radius 3 is 1.39 bits per heavy atom. The van der Waals surface area contributed by atoms with Gasteiger partial charge in [-0.3, -0.25) is 0 Å². The molecule has 0 bridgehead atoms. The fourth-order valence-electron chi connectivity index (χ4n) is 8.34. The number of benzene rings is 7. The fourth-order valence-corrected chi connectivity index (χ4v) is 8.34. The Morgan fingerprint density at radius 2 is 0.773 bits per heavy atom. The maximum atomic E-state index is 2.48. The topological polar surface area (TPSA) is 3.24 Å². The molecule has 0 saturated heterocycles. The average Bonchev–Trinajstić information content (AvgIpc) is 3.69. The number of fused-ring (bicyclic) bond motifs is 5. The summed E-state index contributed by atoms with van der Waals surface area (Å²) in [7, 11) is 0. The van der Waals surface area contributed by atoms with E-state index in [1.54, 1.807) is 0 Å². The summed E-state index contributed by atoms with van der Waals surface area (Å²) >= 11 is 0. The van der Waals surface area contributed by atoms with Gasteiger partial charge in [-0.1, -0.05) is 121 Å². The van der Waals surface area contributed by atoms with Crippen LogP contribution in [0.15, 0.2) is 164 Å². The molecule has 0 heterocycles. The second-order valence-corrected chi connectivity index (χ2v) is 12.1. The Kier molecular flexibility index (Phi) is 4.71. The molecule has 3 aliphatic rings. The van der Waals surface area contributed by atoms with Crippen molar-refractivity contribution in [3.05, 3.63) is 186 Å². The van der Waals surface area contributed by atoms with Gasteiger partial charge in [-0.15, -0.1) is 0 Å². The van der Waals surface area contributed by atoms with Gasteiger partial charge in [0, 0.05) is 17.1 Å². The molecule has 7 aromatic rings. The number of para-hydroxylation sites is 2. The second-order valence-electron chi connectivity index (χ2n) is 12.1. The molecular formula is C43H27N. The van der Waals surface area contributed by atoms with Crippen molar-refractivity contribution < 1.29 is 0 Å². The molecule has 1 nitrogen and oxygen atoms in total. The molecule has 3 aliphatic carbocycles. The smallest absolute Gasteiger partial charge is 0.0737 e. The molecule has 1 heteroatoms. The molecule has 0 saturated carbocycles. The zero-order chi connectivity index (χ0) is 28.8. The van der Waals surface area contributed by atoms with E-state index >= 15 is 0 Å². The van der Waals surface area contributed by atoms with Gasteiger partial charge in [0.2, 0.25) is 0 Å². The van der Waals surface area contributed by atoms with Crippen molar-refractivity contribution in [2.45, 2.75) is 5.41 Å². The zero-order valence-corrected chi connectivity index (χ0v) is 24.0. The van der Waals surface area contributed by atoms with Crippen molar-refractivity contribution in [1.82, 2.24) is 0 Å². The number of nitrogens with zero attached hydrogens (tertiary/aromatic N) is 1. The molecule has 44 heavy (non-hydrogen) atoms. The van der Waals surface area contributed by atoms with Crippen LogP contribution in [0, 0.1) is 0 Å². The summed E-state index contributed by atoms with van der Waals surface area (Å²) in [5.41, 5.74) is 19.7. The summed E-state index contributed by atoms with van der Waals surface area (Å²) in [4.78, 5) is 2.32. The van der Waals surface area contributed by atoms with Gasteiger partial charge in [-0.25, -0.2) is 0 Å². The van der Waals surface area contributed by atoms with Crippen molar-refractivity contribution in [1.29, 1.82) is 0 Å². The molecule has 1 unspecified atom stereocenters. The van der Waals surface area contributed by atoms with Gasteiger partial charge in [0.15, 0.2) is 0 Å². The second kappa shape index (κ2) is 8.69. The van der Waals surface area contributed by atoms with Gasteiger partial charge in [0.25, 0.3) is 0 Å². The van der Waals surface area contributed by atoms with Gasteiger partial charge in [0.05, 0.1) is 5.41 Å². The molecule has 7 aromatic carbocycles. The first-order valence-electron chi connectivity index (χ1n) is 15.4. The van der Waals surface area contributed by atoms with Gasteiger partial charge in [-0.05, 0) is 109 Å². The molecular weight excluding hydrogens is 530 g/mol. The van der Waals surface area contributed by atoms with E-state index < -0.39 is 0 Å². The lowest BCUT2D eigenvalue weighted by Gasteiger charge is -2.28. The van der Waals surface area contributed by atoms with Crippen LogP contribution in [0.2, 0.25) is 0 Å². The summed E-state index contributed by atoms with van der Waals surface area (Å²) in [5.74, 6) is 0. The SMILES string of the molecule is c1ccc(N(c2ccccc2)c2ccc(-c3ccc4c(c3)C35c6ccccc6-c6cccc(c63)-c3cccc-4c35)cc2)cc1. The first kappa shape index (κ1) is 23.9. The largest absolute Gasteiger partial charge is 0.311 e. The molecule has 204 valence electrons. The standard InChI is InChI=1S/C43H27N/c1-3-11-30(12-4-1)44(31-13-5-2-6-14-31)32-24-21-28(22-25-32)29-23-26-34-36-17-10-19-38-37-18-9-16-35-33-15-7-8-20-39(33)43(41(35)37,42(36)38)40(34)27-29/h1-27H. The summed E-state index contributed by atoms with van der Waals surface area (Å²) in [6, 6.07) is 60.3. The molecule has 0 aliphatic heterocycles. The summed E-state index contributed by atoms with van der Waals surface area (Å²) in [6.07, 6.45) is 0. The lowest BCUT2D eigenvalue weighted by molar-refractivity contribution is 0.818. The van der Waals surface area contributed by atoms with E-state index in [2.05, 4.69) is 169 Å². The first-order valence-corrected chi connectivity index (χ1v) is 15.4. The highest BCUT2D eigenvalue weighted by Crippen LogP contribution is 2.69. The fraction of sp³-hybridized carbons (Fsp3) is 0.0233. The van der Waals surface area contributed by atoms with Crippen LogP contribution in [-0.2, 0) is 5.41 Å². The van der Waals surface area contributed by atoms with E-state index in [4.69, 9.17) is 0 Å². The molecule has 1 spiro atoms. The molecule has 0 radical (unpaired) electrons. The average molecular weight is 558 g/mol. The van der Waals surface area contributed by atoms with Crippen LogP contribution in [0.3, 0.4) is 0 Å². The molecule has 0 amide bonds. The van der Waals surface area contributed by atoms with Crippen molar-refractivity contribution in [3.8, 4) is 44.5 Å². The molecule has 0 aromatic heterocycles. The van der Waals surface area contributed by atoms with E-state index in [1.807, 2.05) is 0 Å². The third kappa shape index (κ3) is 2.94. The summed E-state index contributed by atoms with van der Waals surface area (Å²) in [5, 5.41) is 0. The van der Waals surface area contributed by atoms with E-state index in [9.17, 15) is 0 Å². The van der Waals surface area contributed by atoms with E-state index in [0.29, 0.717) is 0 Å². The number of rotatable bonds is 4. The van der Waals surface area contributed by atoms with Crippen molar-refractivity contribution >= 4 is 17.1 Å². The van der Waals surface area contributed by atoms with E-state index in [1.165, 1.54) is 66.8 Å². The zero-order valence-electron chi connectivity index (χ0n) is 24.0. The van der Waals surface area contributed by atoms with E-state index in [-0.39, 0.29) is 5.41 Å². The lowest BCUT2D eigenvalue weighted by Crippen LogP contribution is -2.23. The van der Waals surface area contributed by atoms with Crippen LogP contribution in [-0.4, -0.2) is 0 Å². The van der Waals surface area contributed by atoms with Crippen LogP contribution in [0.4, 0.5) is 17.1 Å². The third-order valence-electron chi connectivity index (χ3n) is 9.99. The Balaban J connectivity index is 1.15. The van der Waals surface area contributed by atoms with Crippen molar-refractivity contribution in [2.24, 2.45) is 0 Å². The van der Waals surface area contributed by atoms with Crippen molar-refractivity contribution in [2.75, 3.05) is 4.90 Å². The highest BCUT2D eigenvalue weighted by Gasteiger charge is 2.57. The number of hydrogen-bond donors (Lipinski definition) is 0. The monoisotopic (exact) mass is 557 g/mol. The maximum absolute atomic E-state index is 2.48. The lowest BCUT2D eigenvalue weighted by atomic mass is 9.73. The highest BCUT2D eigenvalue weighted by molar-refractivity contribution is 6.06. The maximum Gasteiger partial charge on any atom is 0.0737 e. The van der Waals surface area contributed by atoms with Crippen LogP contribution in [0.5, 0.6) is 0 Å². The predicted molar refractivity (Wildman–Crippen MR) is 182 cm³/mol. The Morgan fingerprint density at radius 1 is 0.318 bits per heavy atom. The van der Waals surface area contributed by atoms with Crippen LogP contribution in [0.1, 0.15) is 22.3 Å². The highest BCUT2D eigenvalue weighted by atomic mass is 15.1. The predicted octanol–water partition coefficient (Wildman–Crippen LogP) is 11.1. The van der Waals surface area contributed by atoms with Crippen LogP contribution in [0.25, 0.3) is 44.5 Å². The Labute approximate surface area is 257 Å². The Bertz CT molecular complexity index is 2190. The minimum atomic E-state index is -0.253. The summed E-state index contributed by atoms with van der Waals surface area (Å²) < 4.78 is 0. The number of hydrogen-bond acceptors (Lipinski definition) is 1. The van der Waals surface area contributed by atoms with Gasteiger partial charge < -0.3 is 4.90 Å². The number of anilines is 3. The normalized spacial score (nSPS) is 15.8. The van der Waals surface area contributed by atoms with E-state index in [0.717, 1.165) is 17.1 Å². The first-order chi connectivity index (χ1) is 21.8. The third-order valence-corrected chi connectivity index (χ3v) is 9.99. The minimum absolute atomic E-state index is 0.253. The Hall–Kier alpha value is -5.66. The van der Waals surface area contributed by atoms with Gasteiger partial charge in [0.1, 0.15) is 0 Å². The molecule has 0 fully saturated rings. The van der Waals surface area contributed by atoms with Crippen molar-refractivity contribution in [3.63, 3.8) is 0 Å². The quantitative estimate of drug-likeness (QED) is 0.208. The van der Waals surface area contributed by atoms with Crippen LogP contribution < -0.4 is 4.90 Å². The molecule has 0 N–H and O–H groups in total. The molecule has 10 rings (SSSR count). The summed E-state index contributed by atoms with van der Waals surface area (Å²) in [6.45, 7) is 0. The van der Waals surface area contributed by atoms with Gasteiger partial charge in [-0.2, -0.15) is 0 Å². The van der Waals surface area contributed by atoms with Crippen LogP contribution >= 0.6 is 0 Å². The van der Waals surface area contributed by atoms with Gasteiger partial charge >= 0.3 is 0 Å². The molecule has 1 atom stereocenters.